The zero-order valence-corrected chi connectivity index (χ0v) is 6.38. The Morgan fingerprint density at radius 3 is 2.00 bits per heavy atom. The molecule has 1 aliphatic rings. The molecule has 1 saturated heterocycles. The molecule has 0 amide bonds. The third-order valence-corrected chi connectivity index (χ3v) is 1.43. The number of hydrogen-bond acceptors (Lipinski definition) is 2. The second-order valence-electron chi connectivity index (χ2n) is 2.23. The Labute approximate surface area is 60.2 Å². The molecule has 9 heavy (non-hydrogen) atoms. The molecule has 2 atom stereocenters. The molecule has 0 aromatic rings. The molecule has 1 heterocycles. The van der Waals surface area contributed by atoms with Crippen molar-refractivity contribution in [2.24, 2.45) is 0 Å². The minimum absolute atomic E-state index is 0.286. The Hall–Kier alpha value is -0.350. The van der Waals surface area contributed by atoms with Gasteiger partial charge in [-0.1, -0.05) is 0 Å². The zero-order chi connectivity index (χ0) is 6.85. The van der Waals surface area contributed by atoms with Crippen LogP contribution in [0.4, 0.5) is 0 Å². The molecule has 4 heteroatoms. The Bertz CT molecular complexity index is 113. The Kier molecular flexibility index (Phi) is 1.87. The molecular weight excluding hydrogens is 134 g/mol. The van der Waals surface area contributed by atoms with Gasteiger partial charge >= 0.3 is 0 Å². The van der Waals surface area contributed by atoms with Crippen molar-refractivity contribution in [1.29, 1.82) is 0 Å². The first-order valence-electron chi connectivity index (χ1n) is 3.01. The predicted octanol–water partition coefficient (Wildman–Crippen LogP) is -0.254. The summed E-state index contributed by atoms with van der Waals surface area (Å²) in [4.78, 5) is 0. The SMILES string of the molecule is CC1NC(=S)NC(C)N1. The molecule has 0 radical (unpaired) electrons. The standard InChI is InChI=1S/C5H11N3S/c1-3-6-4(2)8-5(9)7-3/h3-4,6H,1-2H3,(H2,7,8,9). The van der Waals surface area contributed by atoms with E-state index >= 15 is 0 Å². The van der Waals surface area contributed by atoms with E-state index in [0.29, 0.717) is 0 Å². The highest BCUT2D eigenvalue weighted by Crippen LogP contribution is 1.87. The second-order valence-corrected chi connectivity index (χ2v) is 2.64. The summed E-state index contributed by atoms with van der Waals surface area (Å²) in [6, 6.07) is 0. The van der Waals surface area contributed by atoms with Gasteiger partial charge in [-0.25, -0.2) is 0 Å². The van der Waals surface area contributed by atoms with Gasteiger partial charge in [0.15, 0.2) is 5.11 Å². The van der Waals surface area contributed by atoms with E-state index in [2.05, 4.69) is 16.0 Å². The van der Waals surface area contributed by atoms with Crippen LogP contribution in [0.5, 0.6) is 0 Å². The highest BCUT2D eigenvalue weighted by molar-refractivity contribution is 7.80. The lowest BCUT2D eigenvalue weighted by Crippen LogP contribution is -2.62. The summed E-state index contributed by atoms with van der Waals surface area (Å²) >= 11 is 4.90. The largest absolute Gasteiger partial charge is 0.348 e. The maximum atomic E-state index is 4.90. The molecule has 0 aromatic carbocycles. The molecule has 2 unspecified atom stereocenters. The van der Waals surface area contributed by atoms with Gasteiger partial charge in [0, 0.05) is 0 Å². The van der Waals surface area contributed by atoms with Crippen LogP contribution in [0.15, 0.2) is 0 Å². The maximum Gasteiger partial charge on any atom is 0.168 e. The third kappa shape index (κ3) is 1.80. The number of rotatable bonds is 0. The summed E-state index contributed by atoms with van der Waals surface area (Å²) in [5.74, 6) is 0. The van der Waals surface area contributed by atoms with E-state index in [-0.39, 0.29) is 12.3 Å². The van der Waals surface area contributed by atoms with Gasteiger partial charge in [0.1, 0.15) is 0 Å². The molecule has 1 aliphatic heterocycles. The monoisotopic (exact) mass is 145 g/mol. The summed E-state index contributed by atoms with van der Waals surface area (Å²) in [6.07, 6.45) is 0.572. The van der Waals surface area contributed by atoms with Crippen molar-refractivity contribution in [3.63, 3.8) is 0 Å². The highest BCUT2D eigenvalue weighted by atomic mass is 32.1. The van der Waals surface area contributed by atoms with E-state index in [1.165, 1.54) is 0 Å². The molecule has 1 fully saturated rings. The highest BCUT2D eigenvalue weighted by Gasteiger charge is 2.13. The molecule has 0 saturated carbocycles. The van der Waals surface area contributed by atoms with Crippen LogP contribution >= 0.6 is 12.2 Å². The van der Waals surface area contributed by atoms with Gasteiger partial charge in [-0.2, -0.15) is 0 Å². The predicted molar refractivity (Wildman–Crippen MR) is 40.9 cm³/mol. The fraction of sp³-hybridized carbons (Fsp3) is 0.800. The van der Waals surface area contributed by atoms with Crippen molar-refractivity contribution in [3.05, 3.63) is 0 Å². The lowest BCUT2D eigenvalue weighted by Gasteiger charge is -2.30. The molecule has 0 spiro atoms. The van der Waals surface area contributed by atoms with Crippen LogP contribution in [-0.2, 0) is 0 Å². The first kappa shape index (κ1) is 6.77. The van der Waals surface area contributed by atoms with Crippen molar-refractivity contribution in [3.8, 4) is 0 Å². The van der Waals surface area contributed by atoms with Crippen molar-refractivity contribution >= 4 is 17.3 Å². The molecule has 3 N–H and O–H groups in total. The van der Waals surface area contributed by atoms with E-state index in [9.17, 15) is 0 Å². The van der Waals surface area contributed by atoms with Gasteiger partial charge < -0.3 is 10.6 Å². The van der Waals surface area contributed by atoms with Crippen LogP contribution in [0.25, 0.3) is 0 Å². The quantitative estimate of drug-likeness (QED) is 0.411. The van der Waals surface area contributed by atoms with E-state index in [4.69, 9.17) is 12.2 Å². The first-order chi connectivity index (χ1) is 4.18. The van der Waals surface area contributed by atoms with Gasteiger partial charge in [0.25, 0.3) is 0 Å². The van der Waals surface area contributed by atoms with Crippen LogP contribution in [0, 0.1) is 0 Å². The topological polar surface area (TPSA) is 36.1 Å². The van der Waals surface area contributed by atoms with Crippen LogP contribution < -0.4 is 16.0 Å². The third-order valence-electron chi connectivity index (χ3n) is 1.20. The minimum atomic E-state index is 0.286. The van der Waals surface area contributed by atoms with Crippen molar-refractivity contribution in [2.75, 3.05) is 0 Å². The first-order valence-corrected chi connectivity index (χ1v) is 3.42. The lowest BCUT2D eigenvalue weighted by atomic mass is 10.4. The molecule has 0 aliphatic carbocycles. The second kappa shape index (κ2) is 2.49. The molecule has 0 bridgehead atoms. The Morgan fingerprint density at radius 2 is 1.67 bits per heavy atom. The van der Waals surface area contributed by atoms with Crippen molar-refractivity contribution in [2.45, 2.75) is 26.2 Å². The van der Waals surface area contributed by atoms with E-state index < -0.39 is 0 Å². The average molecular weight is 145 g/mol. The summed E-state index contributed by atoms with van der Waals surface area (Å²) in [7, 11) is 0. The van der Waals surface area contributed by atoms with E-state index in [1.807, 2.05) is 13.8 Å². The Morgan fingerprint density at radius 1 is 1.22 bits per heavy atom. The number of thiocarbonyl (C=S) groups is 1. The lowest BCUT2D eigenvalue weighted by molar-refractivity contribution is 0.392. The number of nitrogens with one attached hydrogen (secondary N) is 3. The smallest absolute Gasteiger partial charge is 0.168 e. The Balaban J connectivity index is 2.43. The summed E-state index contributed by atoms with van der Waals surface area (Å²) in [5.41, 5.74) is 0. The molecular formula is C5H11N3S. The molecule has 0 aromatic heterocycles. The molecule has 1 rings (SSSR count). The van der Waals surface area contributed by atoms with Crippen LogP contribution in [0.2, 0.25) is 0 Å². The average Bonchev–Trinajstić information content (AvgIpc) is 1.59. The van der Waals surface area contributed by atoms with Crippen molar-refractivity contribution < 1.29 is 0 Å². The zero-order valence-electron chi connectivity index (χ0n) is 5.56. The number of hydrogen-bond donors (Lipinski definition) is 3. The van der Waals surface area contributed by atoms with Crippen LogP contribution in [0.1, 0.15) is 13.8 Å². The minimum Gasteiger partial charge on any atom is -0.348 e. The fourth-order valence-electron chi connectivity index (χ4n) is 0.893. The summed E-state index contributed by atoms with van der Waals surface area (Å²) in [6.45, 7) is 4.06. The maximum absolute atomic E-state index is 4.90. The fourth-order valence-corrected chi connectivity index (χ4v) is 1.25. The van der Waals surface area contributed by atoms with E-state index in [0.717, 1.165) is 5.11 Å². The molecule has 52 valence electrons. The van der Waals surface area contributed by atoms with Crippen LogP contribution in [0.3, 0.4) is 0 Å². The van der Waals surface area contributed by atoms with Gasteiger partial charge in [-0.15, -0.1) is 0 Å². The normalized spacial score (nSPS) is 35.1. The molecule has 3 nitrogen and oxygen atoms in total. The summed E-state index contributed by atoms with van der Waals surface area (Å²) < 4.78 is 0. The van der Waals surface area contributed by atoms with Crippen LogP contribution in [-0.4, -0.2) is 17.4 Å². The van der Waals surface area contributed by atoms with Gasteiger partial charge in [-0.05, 0) is 26.1 Å². The summed E-state index contributed by atoms with van der Waals surface area (Å²) in [5, 5.41) is 9.97. The van der Waals surface area contributed by atoms with Crippen molar-refractivity contribution in [1.82, 2.24) is 16.0 Å². The van der Waals surface area contributed by atoms with E-state index in [1.54, 1.807) is 0 Å². The van der Waals surface area contributed by atoms with Gasteiger partial charge in [0.2, 0.25) is 0 Å². The van der Waals surface area contributed by atoms with Gasteiger partial charge in [-0.3, -0.25) is 5.32 Å². The van der Waals surface area contributed by atoms with Gasteiger partial charge in [0.05, 0.1) is 12.3 Å².